The maximum absolute atomic E-state index is 10.9. The first-order valence-electron chi connectivity index (χ1n) is 14.4. The van der Waals surface area contributed by atoms with E-state index in [-0.39, 0.29) is 32.2 Å². The number of pyridine rings is 1. The molecule has 0 aliphatic carbocycles. The van der Waals surface area contributed by atoms with Crippen LogP contribution in [0.25, 0.3) is 50.5 Å². The molecular weight excluding hydrogens is 722 g/mol. The van der Waals surface area contributed by atoms with E-state index in [0.29, 0.717) is 11.4 Å². The van der Waals surface area contributed by atoms with Crippen LogP contribution in [0.4, 0.5) is 0 Å². The number of aromatic hydroxyl groups is 1. The summed E-state index contributed by atoms with van der Waals surface area (Å²) in [5, 5.41) is 10.9. The van der Waals surface area contributed by atoms with Crippen molar-refractivity contribution < 1.29 is 26.2 Å². The topological polar surface area (TPSA) is 50.9 Å². The molecule has 5 aromatic carbocycles. The average Bonchev–Trinajstić information content (AvgIpc) is 3.45. The second-order valence-corrected chi connectivity index (χ2v) is 11.2. The Hall–Kier alpha value is -4.79. The monoisotopic (exact) mass is 751 g/mol. The fourth-order valence-electron chi connectivity index (χ4n) is 5.89. The number of benzene rings is 5. The molecule has 0 radical (unpaired) electrons. The molecule has 0 saturated heterocycles. The molecule has 0 atom stereocenters. The molecule has 44 heavy (non-hydrogen) atoms. The fourth-order valence-corrected chi connectivity index (χ4v) is 5.89. The van der Waals surface area contributed by atoms with E-state index in [1.807, 2.05) is 66.9 Å². The van der Waals surface area contributed by atoms with Gasteiger partial charge in [0.15, 0.2) is 0 Å². The Morgan fingerprint density at radius 2 is 1.36 bits per heavy atom. The van der Waals surface area contributed by atoms with Crippen LogP contribution >= 0.6 is 0 Å². The molecule has 0 fully saturated rings. The summed E-state index contributed by atoms with van der Waals surface area (Å²) in [4.78, 5) is 9.89. The van der Waals surface area contributed by atoms with Gasteiger partial charge in [0.2, 0.25) is 0 Å². The minimum Gasteiger partial charge on any atom is -0.507 e. The van der Waals surface area contributed by atoms with Crippen molar-refractivity contribution in [3.8, 4) is 45.2 Å². The number of phenols is 1. The van der Waals surface area contributed by atoms with Crippen LogP contribution in [0.5, 0.6) is 5.75 Å². The number of hydrogen-bond acceptors (Lipinski definition) is 3. The molecular formula is C39H30N3OPt-. The molecule has 7 rings (SSSR count). The van der Waals surface area contributed by atoms with Crippen molar-refractivity contribution in [1.82, 2.24) is 14.5 Å². The number of hydrogen-bond donors (Lipinski definition) is 1. The van der Waals surface area contributed by atoms with Crippen LogP contribution in [0, 0.1) is 6.07 Å². The molecule has 218 valence electrons. The molecule has 0 unspecified atom stereocenters. The van der Waals surface area contributed by atoms with E-state index in [2.05, 4.69) is 96.2 Å². The van der Waals surface area contributed by atoms with Crippen LogP contribution < -0.4 is 0 Å². The summed E-state index contributed by atoms with van der Waals surface area (Å²) < 4.78 is 2.12. The van der Waals surface area contributed by atoms with Gasteiger partial charge in [0.1, 0.15) is 11.6 Å². The van der Waals surface area contributed by atoms with Gasteiger partial charge in [-0.3, -0.25) is 9.55 Å². The quantitative estimate of drug-likeness (QED) is 0.173. The summed E-state index contributed by atoms with van der Waals surface area (Å²) in [6, 6.07) is 48.4. The van der Waals surface area contributed by atoms with Crippen LogP contribution in [0.2, 0.25) is 0 Å². The van der Waals surface area contributed by atoms with Crippen molar-refractivity contribution in [2.75, 3.05) is 0 Å². The minimum absolute atomic E-state index is 0. The molecule has 7 aromatic rings. The number of nitrogens with zero attached hydrogens (tertiary/aromatic N) is 3. The summed E-state index contributed by atoms with van der Waals surface area (Å²) in [6.07, 6.45) is 1.81. The number of aromatic nitrogens is 3. The van der Waals surface area contributed by atoms with E-state index in [9.17, 15) is 5.11 Å². The van der Waals surface area contributed by atoms with E-state index >= 15 is 0 Å². The average molecular weight is 752 g/mol. The summed E-state index contributed by atoms with van der Waals surface area (Å²) in [5.41, 5.74) is 9.20. The first-order chi connectivity index (χ1) is 21.0. The van der Waals surface area contributed by atoms with Crippen molar-refractivity contribution in [3.63, 3.8) is 0 Å². The molecule has 4 nitrogen and oxygen atoms in total. The standard InChI is InChI=1S/C39H30N3O.Pt/c1-39(2,28-14-5-3-6-15-28)33-24-23-27(34-20-11-12-25-40-34)26-32(33)30-19-13-21-35-37(30)41-38(31-18-9-10-22-36(31)43)42(35)29-16-7-4-8-17-29;/h3-25,43H,1-2H3;/q-1;. The van der Waals surface area contributed by atoms with Gasteiger partial charge in [-0.25, -0.2) is 4.98 Å². The molecule has 0 spiro atoms. The number of fused-ring (bicyclic) bond motifs is 1. The molecule has 0 aliphatic heterocycles. The molecule has 2 aromatic heterocycles. The predicted octanol–water partition coefficient (Wildman–Crippen LogP) is 9.25. The third-order valence-corrected chi connectivity index (χ3v) is 8.17. The zero-order chi connectivity index (χ0) is 29.4. The van der Waals surface area contributed by atoms with Crippen molar-refractivity contribution in [2.45, 2.75) is 19.3 Å². The van der Waals surface area contributed by atoms with Gasteiger partial charge in [0, 0.05) is 38.6 Å². The van der Waals surface area contributed by atoms with Gasteiger partial charge in [-0.05, 0) is 47.4 Å². The third kappa shape index (κ3) is 5.16. The molecule has 0 saturated carbocycles. The van der Waals surface area contributed by atoms with E-state index in [0.717, 1.165) is 44.7 Å². The minimum atomic E-state index is -0.319. The Morgan fingerprint density at radius 3 is 2.09 bits per heavy atom. The molecule has 0 amide bonds. The molecule has 0 aliphatic rings. The predicted molar refractivity (Wildman–Crippen MR) is 174 cm³/mol. The summed E-state index contributed by atoms with van der Waals surface area (Å²) in [6.45, 7) is 4.51. The van der Waals surface area contributed by atoms with E-state index in [4.69, 9.17) is 4.98 Å². The zero-order valence-corrected chi connectivity index (χ0v) is 26.7. The van der Waals surface area contributed by atoms with Crippen LogP contribution in [0.3, 0.4) is 0 Å². The van der Waals surface area contributed by atoms with Crippen molar-refractivity contribution >= 4 is 11.0 Å². The number of phenolic OH excluding ortho intramolecular Hbond substituents is 1. The van der Waals surface area contributed by atoms with E-state index in [1.165, 1.54) is 5.56 Å². The van der Waals surface area contributed by atoms with Crippen LogP contribution in [-0.2, 0) is 26.5 Å². The summed E-state index contributed by atoms with van der Waals surface area (Å²) in [7, 11) is 0. The molecule has 5 heteroatoms. The van der Waals surface area contributed by atoms with Crippen molar-refractivity contribution in [3.05, 3.63) is 157 Å². The smallest absolute Gasteiger partial charge is 0.148 e. The van der Waals surface area contributed by atoms with Crippen LogP contribution in [0.1, 0.15) is 25.0 Å². The van der Waals surface area contributed by atoms with Crippen molar-refractivity contribution in [2.24, 2.45) is 0 Å². The Kier molecular flexibility index (Phi) is 8.03. The van der Waals surface area contributed by atoms with Crippen LogP contribution in [-0.4, -0.2) is 19.6 Å². The zero-order valence-electron chi connectivity index (χ0n) is 24.4. The molecule has 0 bridgehead atoms. The van der Waals surface area contributed by atoms with Gasteiger partial charge in [-0.2, -0.15) is 0 Å². The Bertz CT molecular complexity index is 2050. The Morgan fingerprint density at radius 1 is 0.682 bits per heavy atom. The molecule has 1 N–H and O–H groups in total. The van der Waals surface area contributed by atoms with Gasteiger partial charge in [-0.15, -0.1) is 29.3 Å². The number of para-hydroxylation sites is 3. The fraction of sp³-hybridized carbons (Fsp3) is 0.0769. The first-order valence-corrected chi connectivity index (χ1v) is 14.4. The Labute approximate surface area is 272 Å². The Balaban J connectivity index is 0.00000343. The van der Waals surface area contributed by atoms with Gasteiger partial charge >= 0.3 is 0 Å². The largest absolute Gasteiger partial charge is 0.507 e. The first kappa shape index (κ1) is 29.3. The molecule has 2 heterocycles. The van der Waals surface area contributed by atoms with Crippen LogP contribution in [0.15, 0.2) is 140 Å². The van der Waals surface area contributed by atoms with Gasteiger partial charge in [0.25, 0.3) is 0 Å². The van der Waals surface area contributed by atoms with Gasteiger partial charge < -0.3 is 5.11 Å². The summed E-state index contributed by atoms with van der Waals surface area (Å²) in [5.74, 6) is 0.864. The number of imidazole rings is 1. The maximum Gasteiger partial charge on any atom is 0.148 e. The van der Waals surface area contributed by atoms with E-state index in [1.54, 1.807) is 6.07 Å². The number of rotatable bonds is 6. The second-order valence-electron chi connectivity index (χ2n) is 11.2. The van der Waals surface area contributed by atoms with Crippen molar-refractivity contribution in [1.29, 1.82) is 0 Å². The van der Waals surface area contributed by atoms with E-state index < -0.39 is 0 Å². The second kappa shape index (κ2) is 12.1. The summed E-state index contributed by atoms with van der Waals surface area (Å²) >= 11 is 0. The van der Waals surface area contributed by atoms with Gasteiger partial charge in [0.05, 0.1) is 16.6 Å². The van der Waals surface area contributed by atoms with Gasteiger partial charge in [-0.1, -0.05) is 110 Å². The maximum atomic E-state index is 10.9. The normalized spacial score (nSPS) is 11.3. The third-order valence-electron chi connectivity index (χ3n) is 8.17. The SMILES string of the molecule is CC(C)(c1ccccc1)c1ccc(-c2ccccn2)[c-]c1-c1cccc2c1nc(-c1ccccc1O)n2-c1ccccc1.[Pt].